The summed E-state index contributed by atoms with van der Waals surface area (Å²) < 4.78 is 1.58. The summed E-state index contributed by atoms with van der Waals surface area (Å²) in [7, 11) is 0. The molecule has 0 saturated carbocycles. The fourth-order valence-electron chi connectivity index (χ4n) is 3.56. The van der Waals surface area contributed by atoms with Crippen LogP contribution in [0, 0.1) is 0 Å². The molecule has 34 heavy (non-hydrogen) atoms. The third kappa shape index (κ3) is 4.63. The first-order chi connectivity index (χ1) is 16.6. The van der Waals surface area contributed by atoms with Crippen LogP contribution in [-0.2, 0) is 4.79 Å². The molecule has 2 heterocycles. The second-order valence-corrected chi connectivity index (χ2v) is 9.65. The van der Waals surface area contributed by atoms with Crippen LogP contribution in [0.4, 0.5) is 5.69 Å². The minimum atomic E-state index is -0.173. The summed E-state index contributed by atoms with van der Waals surface area (Å²) >= 11 is 8.69. The maximum Gasteiger partial charge on any atom is 0.268 e. The zero-order valence-corrected chi connectivity index (χ0v) is 20.2. The number of fused-ring (bicyclic) bond motifs is 1. The van der Waals surface area contributed by atoms with Crippen LogP contribution in [-0.4, -0.2) is 21.2 Å². The zero-order chi connectivity index (χ0) is 23.5. The van der Waals surface area contributed by atoms with Gasteiger partial charge in [0.25, 0.3) is 5.56 Å². The molecule has 0 aliphatic heterocycles. The molecular formula is C26H18ClN3O2S2. The zero-order valence-electron chi connectivity index (χ0n) is 17.8. The van der Waals surface area contributed by atoms with Gasteiger partial charge in [-0.05, 0) is 42.0 Å². The summed E-state index contributed by atoms with van der Waals surface area (Å²) in [6, 6.07) is 26.0. The van der Waals surface area contributed by atoms with Gasteiger partial charge in [-0.15, -0.1) is 11.3 Å². The van der Waals surface area contributed by atoms with E-state index in [0.717, 1.165) is 16.8 Å². The summed E-state index contributed by atoms with van der Waals surface area (Å²) in [5, 5.41) is 6.46. The minimum Gasteiger partial charge on any atom is -0.325 e. The van der Waals surface area contributed by atoms with Gasteiger partial charge in [0.1, 0.15) is 4.83 Å². The van der Waals surface area contributed by atoms with Crippen LogP contribution in [0.1, 0.15) is 0 Å². The third-order valence-electron chi connectivity index (χ3n) is 5.14. The van der Waals surface area contributed by atoms with Crippen molar-refractivity contribution in [2.75, 3.05) is 11.1 Å². The van der Waals surface area contributed by atoms with Crippen molar-refractivity contribution < 1.29 is 4.79 Å². The van der Waals surface area contributed by atoms with Gasteiger partial charge >= 0.3 is 0 Å². The number of hydrogen-bond acceptors (Lipinski definition) is 5. The van der Waals surface area contributed by atoms with Gasteiger partial charge in [0.15, 0.2) is 5.16 Å². The van der Waals surface area contributed by atoms with Crippen molar-refractivity contribution in [3.05, 3.63) is 106 Å². The molecule has 0 bridgehead atoms. The molecule has 0 saturated heterocycles. The Bertz CT molecular complexity index is 1520. The number of rotatable bonds is 6. The summed E-state index contributed by atoms with van der Waals surface area (Å²) in [4.78, 5) is 31.8. The fraction of sp³-hybridized carbons (Fsp3) is 0.0385. The molecule has 0 aliphatic carbocycles. The normalized spacial score (nSPS) is 11.0. The maximum atomic E-state index is 13.8. The van der Waals surface area contributed by atoms with Crippen LogP contribution in [0.5, 0.6) is 0 Å². The lowest BCUT2D eigenvalue weighted by atomic mass is 10.1. The smallest absolute Gasteiger partial charge is 0.268 e. The predicted octanol–water partition coefficient (Wildman–Crippen LogP) is 6.50. The molecule has 0 fully saturated rings. The molecule has 0 radical (unpaired) electrons. The number of hydrogen-bond donors (Lipinski definition) is 1. The van der Waals surface area contributed by atoms with Crippen molar-refractivity contribution in [2.45, 2.75) is 5.16 Å². The van der Waals surface area contributed by atoms with Gasteiger partial charge < -0.3 is 5.32 Å². The molecule has 0 spiro atoms. The highest BCUT2D eigenvalue weighted by atomic mass is 35.5. The quantitative estimate of drug-likeness (QED) is 0.212. The molecule has 1 amide bonds. The second kappa shape index (κ2) is 9.85. The standard InChI is InChI=1S/C26H18ClN3O2S2/c27-18-13-11-17(12-14-18)21-15-33-24-23(21)25(32)30(20-9-5-2-6-10-20)26(29-24)34-16-22(31)28-19-7-3-1-4-8-19/h1-15H,16H2,(H,28,31). The third-order valence-corrected chi connectivity index (χ3v) is 7.20. The van der Waals surface area contributed by atoms with Crippen LogP contribution in [0.2, 0.25) is 5.02 Å². The van der Waals surface area contributed by atoms with E-state index >= 15 is 0 Å². The Morgan fingerprint density at radius 2 is 1.65 bits per heavy atom. The van der Waals surface area contributed by atoms with Gasteiger partial charge in [0, 0.05) is 21.7 Å². The molecule has 1 N–H and O–H groups in total. The van der Waals surface area contributed by atoms with E-state index in [2.05, 4.69) is 5.32 Å². The van der Waals surface area contributed by atoms with Crippen LogP contribution >= 0.6 is 34.7 Å². The maximum absolute atomic E-state index is 13.8. The highest BCUT2D eigenvalue weighted by Crippen LogP contribution is 2.33. The lowest BCUT2D eigenvalue weighted by Crippen LogP contribution is -2.22. The number of carbonyl (C=O) groups is 1. The average molecular weight is 504 g/mol. The van der Waals surface area contributed by atoms with E-state index in [9.17, 15) is 9.59 Å². The van der Waals surface area contributed by atoms with Crippen molar-refractivity contribution in [2.24, 2.45) is 0 Å². The first-order valence-corrected chi connectivity index (χ1v) is 12.7. The molecule has 5 rings (SSSR count). The number of thioether (sulfide) groups is 1. The van der Waals surface area contributed by atoms with Gasteiger partial charge in [-0.25, -0.2) is 4.98 Å². The average Bonchev–Trinajstić information content (AvgIpc) is 3.29. The van der Waals surface area contributed by atoms with Crippen LogP contribution in [0.3, 0.4) is 0 Å². The highest BCUT2D eigenvalue weighted by Gasteiger charge is 2.19. The number of carbonyl (C=O) groups excluding carboxylic acids is 1. The SMILES string of the molecule is O=C(CSc1nc2scc(-c3ccc(Cl)cc3)c2c(=O)n1-c1ccccc1)Nc1ccccc1. The summed E-state index contributed by atoms with van der Waals surface area (Å²) in [6.45, 7) is 0. The Hall–Kier alpha value is -3.39. The number of halogens is 1. The molecule has 3 aromatic carbocycles. The van der Waals surface area contributed by atoms with Gasteiger partial charge in [-0.3, -0.25) is 14.2 Å². The monoisotopic (exact) mass is 503 g/mol. The molecule has 5 aromatic rings. The number of anilines is 1. The first kappa shape index (κ1) is 22.4. The van der Waals surface area contributed by atoms with Crippen molar-refractivity contribution >= 4 is 56.5 Å². The van der Waals surface area contributed by atoms with Crippen LogP contribution < -0.4 is 10.9 Å². The Balaban J connectivity index is 1.55. The second-order valence-electron chi connectivity index (χ2n) is 7.41. The van der Waals surface area contributed by atoms with Gasteiger partial charge in [-0.2, -0.15) is 0 Å². The molecule has 8 heteroatoms. The van der Waals surface area contributed by atoms with Gasteiger partial charge in [0.05, 0.1) is 16.8 Å². The van der Waals surface area contributed by atoms with Gasteiger partial charge in [-0.1, -0.05) is 71.9 Å². The topological polar surface area (TPSA) is 64.0 Å². The molecule has 0 unspecified atom stereocenters. The summed E-state index contributed by atoms with van der Waals surface area (Å²) in [5.41, 5.74) is 2.96. The Kier molecular flexibility index (Phi) is 6.49. The van der Waals surface area contributed by atoms with E-state index in [1.165, 1.54) is 23.1 Å². The van der Waals surface area contributed by atoms with E-state index in [1.807, 2.05) is 78.2 Å². The van der Waals surface area contributed by atoms with Crippen LogP contribution in [0.25, 0.3) is 27.0 Å². The van der Waals surface area contributed by atoms with E-state index < -0.39 is 0 Å². The van der Waals surface area contributed by atoms with Crippen molar-refractivity contribution in [1.82, 2.24) is 9.55 Å². The highest BCUT2D eigenvalue weighted by molar-refractivity contribution is 7.99. The minimum absolute atomic E-state index is 0.120. The lowest BCUT2D eigenvalue weighted by Gasteiger charge is -2.13. The Labute approximate surface area is 209 Å². The fourth-order valence-corrected chi connectivity index (χ4v) is 5.49. The summed E-state index contributed by atoms with van der Waals surface area (Å²) in [5.74, 6) is -0.0482. The lowest BCUT2D eigenvalue weighted by molar-refractivity contribution is -0.113. The van der Waals surface area contributed by atoms with E-state index in [1.54, 1.807) is 16.7 Å². The number of nitrogens with one attached hydrogen (secondary N) is 1. The van der Waals surface area contributed by atoms with Gasteiger partial charge in [0.2, 0.25) is 5.91 Å². The number of para-hydroxylation sites is 2. The largest absolute Gasteiger partial charge is 0.325 e. The number of aromatic nitrogens is 2. The first-order valence-electron chi connectivity index (χ1n) is 10.4. The number of nitrogens with zero attached hydrogens (tertiary/aromatic N) is 2. The van der Waals surface area contributed by atoms with Crippen molar-refractivity contribution in [3.63, 3.8) is 0 Å². The van der Waals surface area contributed by atoms with E-state index in [4.69, 9.17) is 16.6 Å². The predicted molar refractivity (Wildman–Crippen MR) is 141 cm³/mol. The molecular weight excluding hydrogens is 486 g/mol. The van der Waals surface area contributed by atoms with Crippen molar-refractivity contribution in [1.29, 1.82) is 0 Å². The van der Waals surface area contributed by atoms with E-state index in [-0.39, 0.29) is 17.2 Å². The van der Waals surface area contributed by atoms with E-state index in [0.29, 0.717) is 26.1 Å². The number of amides is 1. The molecule has 0 aliphatic rings. The van der Waals surface area contributed by atoms with Crippen molar-refractivity contribution in [3.8, 4) is 16.8 Å². The number of thiophene rings is 1. The molecule has 0 atom stereocenters. The summed E-state index contributed by atoms with van der Waals surface area (Å²) in [6.07, 6.45) is 0. The molecule has 2 aromatic heterocycles. The van der Waals surface area contributed by atoms with Crippen LogP contribution in [0.15, 0.2) is 100 Å². The number of benzene rings is 3. The molecule has 168 valence electrons. The Morgan fingerprint density at radius 3 is 2.35 bits per heavy atom. The Morgan fingerprint density at radius 1 is 0.971 bits per heavy atom. The molecule has 5 nitrogen and oxygen atoms in total.